The summed E-state index contributed by atoms with van der Waals surface area (Å²) in [5, 5.41) is 1.99. The summed E-state index contributed by atoms with van der Waals surface area (Å²) in [7, 11) is 3.14. The minimum absolute atomic E-state index is 0.0439. The molecule has 1 aromatic carbocycles. The minimum Gasteiger partial charge on any atom is -0.490 e. The van der Waals surface area contributed by atoms with Gasteiger partial charge in [-0.15, -0.1) is 0 Å². The number of benzene rings is 1. The Hall–Kier alpha value is -2.21. The van der Waals surface area contributed by atoms with Crippen molar-refractivity contribution < 1.29 is 18.8 Å². The van der Waals surface area contributed by atoms with E-state index in [2.05, 4.69) is 4.98 Å². The molecule has 6 heteroatoms. The van der Waals surface area contributed by atoms with Gasteiger partial charge in [0.05, 0.1) is 18.7 Å². The van der Waals surface area contributed by atoms with E-state index in [-0.39, 0.29) is 23.7 Å². The number of hydroxylamine groups is 2. The number of rotatable bonds is 4. The summed E-state index contributed by atoms with van der Waals surface area (Å²) in [6.07, 6.45) is 3.42. The second-order valence-corrected chi connectivity index (χ2v) is 6.55. The Morgan fingerprint density at radius 1 is 1.29 bits per heavy atom. The number of fused-ring (bicyclic) bond motifs is 2. The van der Waals surface area contributed by atoms with Crippen molar-refractivity contribution in [3.63, 3.8) is 0 Å². The van der Waals surface area contributed by atoms with Gasteiger partial charge in [0, 0.05) is 24.5 Å². The lowest BCUT2D eigenvalue weighted by atomic mass is 10.1. The molecule has 2 fully saturated rings. The lowest BCUT2D eigenvalue weighted by molar-refractivity contribution is -0.171. The zero-order chi connectivity index (χ0) is 16.8. The average Bonchev–Trinajstić information content (AvgIpc) is 3.09. The maximum atomic E-state index is 13.5. The van der Waals surface area contributed by atoms with Gasteiger partial charge in [0.2, 0.25) is 5.91 Å². The van der Waals surface area contributed by atoms with Gasteiger partial charge in [-0.2, -0.15) is 0 Å². The molecule has 1 heterocycles. The molecule has 0 saturated heterocycles. The Labute approximate surface area is 139 Å². The van der Waals surface area contributed by atoms with Crippen LogP contribution >= 0.6 is 0 Å². The highest BCUT2D eigenvalue weighted by atomic mass is 19.1. The number of hydrogen-bond acceptors (Lipinski definition) is 4. The summed E-state index contributed by atoms with van der Waals surface area (Å²) in [4.78, 5) is 21.3. The number of hydrogen-bond donors (Lipinski definition) is 0. The summed E-state index contributed by atoms with van der Waals surface area (Å²) in [5.74, 6) is 1.18. The summed E-state index contributed by atoms with van der Waals surface area (Å²) < 4.78 is 19.6. The first-order valence-electron chi connectivity index (χ1n) is 8.11. The molecule has 0 bridgehead atoms. The van der Waals surface area contributed by atoms with Crippen molar-refractivity contribution in [3.8, 4) is 5.75 Å². The van der Waals surface area contributed by atoms with Crippen molar-refractivity contribution in [2.24, 2.45) is 17.8 Å². The van der Waals surface area contributed by atoms with Crippen LogP contribution in [0.1, 0.15) is 12.8 Å². The van der Waals surface area contributed by atoms with Crippen molar-refractivity contribution >= 4 is 16.8 Å². The van der Waals surface area contributed by atoms with Crippen LogP contribution in [0.4, 0.5) is 4.39 Å². The van der Waals surface area contributed by atoms with Gasteiger partial charge in [-0.05, 0) is 48.9 Å². The van der Waals surface area contributed by atoms with E-state index >= 15 is 0 Å². The van der Waals surface area contributed by atoms with Gasteiger partial charge in [0.1, 0.15) is 11.6 Å². The molecule has 4 rings (SSSR count). The van der Waals surface area contributed by atoms with Crippen molar-refractivity contribution in [3.05, 3.63) is 36.3 Å². The molecule has 1 aromatic heterocycles. The van der Waals surface area contributed by atoms with Crippen LogP contribution in [0.3, 0.4) is 0 Å². The van der Waals surface area contributed by atoms with Crippen LogP contribution in [0.5, 0.6) is 5.75 Å². The van der Waals surface area contributed by atoms with Gasteiger partial charge in [0.15, 0.2) is 0 Å². The third kappa shape index (κ3) is 2.51. The second-order valence-electron chi connectivity index (χ2n) is 6.55. The summed E-state index contributed by atoms with van der Waals surface area (Å²) in [6.45, 7) is 0. The van der Waals surface area contributed by atoms with E-state index in [1.807, 2.05) is 0 Å². The third-order valence-electron chi connectivity index (χ3n) is 5.23. The van der Waals surface area contributed by atoms with E-state index in [0.717, 1.165) is 12.8 Å². The Bertz CT molecular complexity index is 785. The van der Waals surface area contributed by atoms with Gasteiger partial charge in [-0.1, -0.05) is 0 Å². The molecule has 24 heavy (non-hydrogen) atoms. The number of pyridine rings is 1. The zero-order valence-corrected chi connectivity index (χ0v) is 13.6. The van der Waals surface area contributed by atoms with Gasteiger partial charge < -0.3 is 4.74 Å². The normalized spacial score (nSPS) is 27.8. The van der Waals surface area contributed by atoms with Crippen LogP contribution in [-0.2, 0) is 9.63 Å². The fourth-order valence-electron chi connectivity index (χ4n) is 3.93. The molecular formula is C18H19FN2O3. The first-order valence-corrected chi connectivity index (χ1v) is 8.11. The van der Waals surface area contributed by atoms with Crippen LogP contribution in [0, 0.1) is 23.6 Å². The van der Waals surface area contributed by atoms with E-state index in [1.165, 1.54) is 24.3 Å². The van der Waals surface area contributed by atoms with Crippen LogP contribution in [0.15, 0.2) is 30.5 Å². The quantitative estimate of drug-likeness (QED) is 0.809. The van der Waals surface area contributed by atoms with Crippen LogP contribution < -0.4 is 4.74 Å². The molecule has 2 aliphatic carbocycles. The molecule has 126 valence electrons. The largest absolute Gasteiger partial charge is 0.490 e. The smallest absolute Gasteiger partial charge is 0.249 e. The number of amides is 1. The highest BCUT2D eigenvalue weighted by Crippen LogP contribution is 2.58. The van der Waals surface area contributed by atoms with Gasteiger partial charge >= 0.3 is 0 Å². The Morgan fingerprint density at radius 3 is 2.75 bits per heavy atom. The molecule has 0 spiro atoms. The number of carbonyl (C=O) groups is 1. The van der Waals surface area contributed by atoms with E-state index in [9.17, 15) is 9.18 Å². The van der Waals surface area contributed by atoms with Gasteiger partial charge in [-0.25, -0.2) is 9.45 Å². The Morgan fingerprint density at radius 2 is 2.04 bits per heavy atom. The fourth-order valence-corrected chi connectivity index (χ4v) is 3.93. The molecule has 0 N–H and O–H groups in total. The molecule has 0 radical (unpaired) electrons. The highest BCUT2D eigenvalue weighted by molar-refractivity contribution is 5.85. The molecule has 0 aliphatic heterocycles. The topological polar surface area (TPSA) is 51.7 Å². The molecule has 2 aliphatic rings. The Kier molecular flexibility index (Phi) is 3.64. The van der Waals surface area contributed by atoms with Crippen LogP contribution in [0.25, 0.3) is 10.9 Å². The first-order chi connectivity index (χ1) is 11.6. The van der Waals surface area contributed by atoms with Crippen molar-refractivity contribution in [1.82, 2.24) is 10.0 Å². The van der Waals surface area contributed by atoms with E-state index in [0.29, 0.717) is 28.5 Å². The van der Waals surface area contributed by atoms with Crippen molar-refractivity contribution in [1.29, 1.82) is 0 Å². The van der Waals surface area contributed by atoms with Crippen molar-refractivity contribution in [2.75, 3.05) is 14.2 Å². The first kappa shape index (κ1) is 15.3. The average molecular weight is 330 g/mol. The number of aromatic nitrogens is 1. The molecule has 5 nitrogen and oxygen atoms in total. The summed E-state index contributed by atoms with van der Waals surface area (Å²) in [5.41, 5.74) is 0.715. The monoisotopic (exact) mass is 330 g/mol. The number of halogens is 1. The molecule has 2 aromatic rings. The molecule has 2 saturated carbocycles. The number of nitrogens with zero attached hydrogens (tertiary/aromatic N) is 2. The zero-order valence-electron chi connectivity index (χ0n) is 13.6. The number of carbonyl (C=O) groups excluding carboxylic acids is 1. The predicted molar refractivity (Wildman–Crippen MR) is 85.6 cm³/mol. The standard InChI is InChI=1S/C18H19FN2O3/c1-21(23-2)18(22)17-12-8-11(9-13(12)17)24-16-5-6-20-15-4-3-10(19)7-14(15)16/h3-7,11-13,17H,8-9H2,1-2H3. The second kappa shape index (κ2) is 5.70. The maximum absolute atomic E-state index is 13.5. The lowest BCUT2D eigenvalue weighted by Crippen LogP contribution is -2.29. The van der Waals surface area contributed by atoms with Crippen LogP contribution in [-0.4, -0.2) is 36.2 Å². The van der Waals surface area contributed by atoms with Crippen molar-refractivity contribution in [2.45, 2.75) is 18.9 Å². The number of ether oxygens (including phenoxy) is 1. The molecule has 2 atom stereocenters. The maximum Gasteiger partial charge on any atom is 0.249 e. The minimum atomic E-state index is -0.303. The third-order valence-corrected chi connectivity index (χ3v) is 5.23. The van der Waals surface area contributed by atoms with E-state index in [4.69, 9.17) is 9.57 Å². The Balaban J connectivity index is 1.45. The van der Waals surface area contributed by atoms with Gasteiger partial charge in [-0.3, -0.25) is 14.6 Å². The highest BCUT2D eigenvalue weighted by Gasteiger charge is 2.61. The molecule has 2 unspecified atom stereocenters. The molecular weight excluding hydrogens is 311 g/mol. The SMILES string of the molecule is CON(C)C(=O)C1C2CC(Oc3ccnc4ccc(F)cc34)CC21. The predicted octanol–water partition coefficient (Wildman–Crippen LogP) is 2.80. The molecule has 1 amide bonds. The van der Waals surface area contributed by atoms with Crippen LogP contribution in [0.2, 0.25) is 0 Å². The fraction of sp³-hybridized carbons (Fsp3) is 0.444. The van der Waals surface area contributed by atoms with E-state index in [1.54, 1.807) is 25.4 Å². The summed E-state index contributed by atoms with van der Waals surface area (Å²) >= 11 is 0. The lowest BCUT2D eigenvalue weighted by Gasteiger charge is -2.19. The summed E-state index contributed by atoms with van der Waals surface area (Å²) in [6, 6.07) is 6.27. The van der Waals surface area contributed by atoms with Gasteiger partial charge in [0.25, 0.3) is 0 Å². The van der Waals surface area contributed by atoms with E-state index < -0.39 is 0 Å².